The van der Waals surface area contributed by atoms with Gasteiger partial charge in [0.2, 0.25) is 0 Å². The van der Waals surface area contributed by atoms with Gasteiger partial charge in [-0.25, -0.2) is 8.42 Å². The van der Waals surface area contributed by atoms with E-state index in [-0.39, 0.29) is 4.90 Å². The molecule has 0 fully saturated rings. The summed E-state index contributed by atoms with van der Waals surface area (Å²) in [7, 11) is -3.45. The summed E-state index contributed by atoms with van der Waals surface area (Å²) in [6.45, 7) is 0.378. The van der Waals surface area contributed by atoms with Crippen molar-refractivity contribution in [2.75, 3.05) is 0 Å². The van der Waals surface area contributed by atoms with Crippen molar-refractivity contribution in [3.05, 3.63) is 47.8 Å². The molecule has 0 unspecified atom stereocenters. The summed E-state index contributed by atoms with van der Waals surface area (Å²) >= 11 is 0. The number of benzene rings is 1. The molecule has 0 bridgehead atoms. The van der Waals surface area contributed by atoms with Crippen LogP contribution in [0.3, 0.4) is 0 Å². The zero-order chi connectivity index (χ0) is 12.6. The third-order valence-corrected chi connectivity index (χ3v) is 4.03. The topological polar surface area (TPSA) is 87.2 Å². The van der Waals surface area contributed by atoms with Crippen LogP contribution in [0.4, 0.5) is 0 Å². The molecule has 0 spiro atoms. The lowest BCUT2D eigenvalue weighted by Gasteiger charge is -1.97. The van der Waals surface area contributed by atoms with Gasteiger partial charge in [-0.2, -0.15) is 5.10 Å². The van der Waals surface area contributed by atoms with Gasteiger partial charge in [0.05, 0.1) is 17.6 Å². The van der Waals surface area contributed by atoms with E-state index in [0.717, 1.165) is 5.56 Å². The highest BCUT2D eigenvalue weighted by Crippen LogP contribution is 2.22. The third kappa shape index (κ3) is 1.78. The molecule has 0 amide bonds. The number of hydrogen-bond acceptors (Lipinski definition) is 4. The zero-order valence-corrected chi connectivity index (χ0v) is 10.1. The molecule has 2 aromatic rings. The second-order valence-electron chi connectivity index (χ2n) is 3.87. The first-order valence-electron chi connectivity index (χ1n) is 5.31. The number of amidine groups is 1. The predicted molar refractivity (Wildman–Crippen MR) is 65.6 cm³/mol. The minimum atomic E-state index is -3.45. The number of H-pyrrole nitrogens is 1. The molecule has 1 aromatic heterocycles. The van der Waals surface area contributed by atoms with Gasteiger partial charge in [0.1, 0.15) is 5.84 Å². The van der Waals surface area contributed by atoms with Crippen molar-refractivity contribution < 1.29 is 8.42 Å². The van der Waals surface area contributed by atoms with Crippen molar-refractivity contribution in [2.45, 2.75) is 11.4 Å². The van der Waals surface area contributed by atoms with E-state index in [1.165, 1.54) is 0 Å². The number of hydrogen-bond donors (Lipinski definition) is 2. The summed E-state index contributed by atoms with van der Waals surface area (Å²) in [5.41, 5.74) is 1.51. The maximum absolute atomic E-state index is 11.8. The van der Waals surface area contributed by atoms with Crippen molar-refractivity contribution in [3.8, 4) is 0 Å². The Balaban J connectivity index is 1.99. The first-order chi connectivity index (χ1) is 8.67. The molecule has 0 aliphatic carbocycles. The minimum Gasteiger partial charge on any atom is -0.285 e. The number of rotatable bonds is 2. The number of nitrogens with zero attached hydrogens (tertiary/aromatic N) is 2. The summed E-state index contributed by atoms with van der Waals surface area (Å²) < 4.78 is 26.1. The second kappa shape index (κ2) is 3.95. The summed E-state index contributed by atoms with van der Waals surface area (Å²) in [6.07, 6.45) is 3.37. The fourth-order valence-corrected chi connectivity index (χ4v) is 3.04. The average molecular weight is 262 g/mol. The maximum Gasteiger partial charge on any atom is 0.263 e. The molecule has 1 aliphatic heterocycles. The Kier molecular flexibility index (Phi) is 2.41. The standard InChI is InChI=1S/C11H10N4O2S/c16-18(17)10-4-2-1-3-9(10)11(15-18)12-5-8-6-13-14-7-8/h1-4,6-7H,5H2,(H,12,15)(H,13,14). The first kappa shape index (κ1) is 11.0. The Bertz CT molecular complexity index is 704. The lowest BCUT2D eigenvalue weighted by molar-refractivity contribution is 0.595. The van der Waals surface area contributed by atoms with E-state index < -0.39 is 10.0 Å². The summed E-state index contributed by atoms with van der Waals surface area (Å²) in [6, 6.07) is 6.78. The molecule has 0 saturated heterocycles. The van der Waals surface area contributed by atoms with Gasteiger partial charge in [-0.05, 0) is 12.1 Å². The van der Waals surface area contributed by atoms with Crippen molar-refractivity contribution in [1.82, 2.24) is 14.9 Å². The fraction of sp³-hybridized carbons (Fsp3) is 0.0909. The van der Waals surface area contributed by atoms with Crippen LogP contribution in [-0.4, -0.2) is 24.5 Å². The molecule has 3 rings (SSSR count). The highest BCUT2D eigenvalue weighted by Gasteiger charge is 2.29. The van der Waals surface area contributed by atoms with Crippen LogP contribution >= 0.6 is 0 Å². The van der Waals surface area contributed by atoms with E-state index in [9.17, 15) is 8.42 Å². The number of aromatic amines is 1. The van der Waals surface area contributed by atoms with Crippen LogP contribution < -0.4 is 4.72 Å². The molecule has 7 heteroatoms. The molecular formula is C11H10N4O2S. The largest absolute Gasteiger partial charge is 0.285 e. The Morgan fingerprint density at radius 2 is 2.11 bits per heavy atom. The van der Waals surface area contributed by atoms with Crippen LogP contribution in [-0.2, 0) is 16.6 Å². The number of aliphatic imine (C=N–C) groups is 1. The average Bonchev–Trinajstić information content (AvgIpc) is 2.95. The molecule has 0 radical (unpaired) electrons. The minimum absolute atomic E-state index is 0.274. The molecule has 6 nitrogen and oxygen atoms in total. The van der Waals surface area contributed by atoms with Crippen molar-refractivity contribution in [2.24, 2.45) is 4.99 Å². The second-order valence-corrected chi connectivity index (χ2v) is 5.52. The van der Waals surface area contributed by atoms with Gasteiger partial charge in [0, 0.05) is 17.3 Å². The van der Waals surface area contributed by atoms with Crippen LogP contribution in [0.25, 0.3) is 0 Å². The van der Waals surface area contributed by atoms with Crippen molar-refractivity contribution in [1.29, 1.82) is 0 Å². The zero-order valence-electron chi connectivity index (χ0n) is 9.29. The van der Waals surface area contributed by atoms with Gasteiger partial charge in [-0.15, -0.1) is 0 Å². The molecule has 0 saturated carbocycles. The van der Waals surface area contributed by atoms with Gasteiger partial charge in [-0.1, -0.05) is 12.1 Å². The maximum atomic E-state index is 11.8. The normalized spacial score (nSPS) is 18.6. The fourth-order valence-electron chi connectivity index (χ4n) is 1.79. The molecule has 1 aliphatic rings. The third-order valence-electron chi connectivity index (χ3n) is 2.64. The van der Waals surface area contributed by atoms with Crippen LogP contribution in [0, 0.1) is 0 Å². The highest BCUT2D eigenvalue weighted by molar-refractivity contribution is 7.90. The summed E-state index contributed by atoms with van der Waals surface area (Å²) in [5, 5.41) is 6.49. The SMILES string of the molecule is O=S1(=O)NC(=NCc2cn[nH]c2)c2ccccc21. The highest BCUT2D eigenvalue weighted by atomic mass is 32.2. The Morgan fingerprint density at radius 3 is 2.89 bits per heavy atom. The molecule has 2 N–H and O–H groups in total. The van der Waals surface area contributed by atoms with Crippen LogP contribution in [0.1, 0.15) is 11.1 Å². The van der Waals surface area contributed by atoms with Crippen LogP contribution in [0.5, 0.6) is 0 Å². The van der Waals surface area contributed by atoms with Gasteiger partial charge >= 0.3 is 0 Å². The number of aromatic nitrogens is 2. The number of nitrogens with one attached hydrogen (secondary N) is 2. The molecular weight excluding hydrogens is 252 g/mol. The molecule has 92 valence electrons. The van der Waals surface area contributed by atoms with E-state index in [4.69, 9.17) is 0 Å². The molecule has 1 aromatic carbocycles. The van der Waals surface area contributed by atoms with Gasteiger partial charge in [-0.3, -0.25) is 14.8 Å². The summed E-state index contributed by atoms with van der Waals surface area (Å²) in [4.78, 5) is 4.54. The molecule has 18 heavy (non-hydrogen) atoms. The van der Waals surface area contributed by atoms with Gasteiger partial charge < -0.3 is 0 Å². The smallest absolute Gasteiger partial charge is 0.263 e. The Morgan fingerprint density at radius 1 is 1.28 bits per heavy atom. The lowest BCUT2D eigenvalue weighted by atomic mass is 10.2. The first-order valence-corrected chi connectivity index (χ1v) is 6.79. The van der Waals surface area contributed by atoms with E-state index in [2.05, 4.69) is 19.9 Å². The quantitative estimate of drug-likeness (QED) is 0.833. The van der Waals surface area contributed by atoms with E-state index in [1.807, 2.05) is 0 Å². The van der Waals surface area contributed by atoms with E-state index in [1.54, 1.807) is 36.7 Å². The Hall–Kier alpha value is -2.15. The van der Waals surface area contributed by atoms with Crippen molar-refractivity contribution >= 4 is 15.9 Å². The van der Waals surface area contributed by atoms with Crippen LogP contribution in [0.15, 0.2) is 46.5 Å². The van der Waals surface area contributed by atoms with Gasteiger partial charge in [0.15, 0.2) is 0 Å². The predicted octanol–water partition coefficient (Wildman–Crippen LogP) is 0.648. The molecule has 0 atom stereocenters. The molecule has 2 heterocycles. The van der Waals surface area contributed by atoms with Crippen LogP contribution in [0.2, 0.25) is 0 Å². The Labute approximate surface area is 104 Å². The number of fused-ring (bicyclic) bond motifs is 1. The van der Waals surface area contributed by atoms with E-state index in [0.29, 0.717) is 17.9 Å². The monoisotopic (exact) mass is 262 g/mol. The number of sulfonamides is 1. The van der Waals surface area contributed by atoms with E-state index >= 15 is 0 Å². The van der Waals surface area contributed by atoms with Crippen molar-refractivity contribution in [3.63, 3.8) is 0 Å². The lowest BCUT2D eigenvalue weighted by Crippen LogP contribution is -2.22. The van der Waals surface area contributed by atoms with Gasteiger partial charge in [0.25, 0.3) is 10.0 Å². The summed E-state index contributed by atoms with van der Waals surface area (Å²) in [5.74, 6) is 0.381.